The van der Waals surface area contributed by atoms with Gasteiger partial charge in [0.1, 0.15) is 5.75 Å². The first kappa shape index (κ1) is 19.0. The second-order valence-electron chi connectivity index (χ2n) is 7.40. The Morgan fingerprint density at radius 2 is 1.83 bits per heavy atom. The van der Waals surface area contributed by atoms with Crippen LogP contribution in [0.2, 0.25) is 0 Å². The number of hydrogen-bond donors (Lipinski definition) is 0. The van der Waals surface area contributed by atoms with Crippen molar-refractivity contribution in [3.63, 3.8) is 0 Å². The fraction of sp³-hybridized carbons (Fsp3) is 0.381. The topological polar surface area (TPSA) is 75.5 Å². The van der Waals surface area contributed by atoms with E-state index >= 15 is 0 Å². The number of methoxy groups -OCH3 is 1. The van der Waals surface area contributed by atoms with Gasteiger partial charge in [0.05, 0.1) is 12.8 Å². The molecule has 0 N–H and O–H groups in total. The Morgan fingerprint density at radius 1 is 1.10 bits per heavy atom. The number of ether oxygens (including phenoxy) is 1. The molecule has 0 spiro atoms. The van der Waals surface area contributed by atoms with Crippen molar-refractivity contribution in [2.24, 2.45) is 7.05 Å². The Kier molecular flexibility index (Phi) is 4.37. The van der Waals surface area contributed by atoms with Crippen LogP contribution in [0.5, 0.6) is 5.75 Å². The minimum atomic E-state index is -0.348. The van der Waals surface area contributed by atoms with E-state index in [9.17, 15) is 9.59 Å². The maximum absolute atomic E-state index is 13.2. The van der Waals surface area contributed by atoms with Crippen LogP contribution in [0.3, 0.4) is 0 Å². The Balaban J connectivity index is 2.22. The fourth-order valence-electron chi connectivity index (χ4n) is 3.93. The van der Waals surface area contributed by atoms with Crippen LogP contribution in [0.4, 0.5) is 0 Å². The summed E-state index contributed by atoms with van der Waals surface area (Å²) in [4.78, 5) is 30.6. The lowest BCUT2D eigenvalue weighted by Gasteiger charge is -2.12. The minimum absolute atomic E-state index is 0.311. The summed E-state index contributed by atoms with van der Waals surface area (Å²) in [6, 6.07) is 5.93. The van der Waals surface area contributed by atoms with E-state index in [-0.39, 0.29) is 11.2 Å². The van der Waals surface area contributed by atoms with E-state index in [0.717, 1.165) is 22.6 Å². The van der Waals surface area contributed by atoms with Gasteiger partial charge in [0.25, 0.3) is 5.56 Å². The molecule has 8 heteroatoms. The highest BCUT2D eigenvalue weighted by Gasteiger charge is 2.24. The smallest absolute Gasteiger partial charge is 0.332 e. The molecule has 29 heavy (non-hydrogen) atoms. The summed E-state index contributed by atoms with van der Waals surface area (Å²) in [5.41, 5.74) is 3.91. The summed E-state index contributed by atoms with van der Waals surface area (Å²) < 4.78 is 12.1. The molecule has 0 saturated heterocycles. The first-order valence-electron chi connectivity index (χ1n) is 9.66. The third kappa shape index (κ3) is 2.55. The maximum Gasteiger partial charge on any atom is 0.332 e. The molecule has 152 valence electrons. The highest BCUT2D eigenvalue weighted by atomic mass is 16.5. The zero-order valence-electron chi connectivity index (χ0n) is 17.6. The molecule has 0 aliphatic carbocycles. The number of nitrogens with zero attached hydrogens (tertiary/aromatic N) is 5. The quantitative estimate of drug-likeness (QED) is 0.532. The van der Waals surface area contributed by atoms with Crippen LogP contribution in [0.15, 0.2) is 27.8 Å². The third-order valence-electron chi connectivity index (χ3n) is 5.54. The van der Waals surface area contributed by atoms with Gasteiger partial charge in [0.15, 0.2) is 11.2 Å². The average Bonchev–Trinajstić information content (AvgIpc) is 3.19. The minimum Gasteiger partial charge on any atom is -0.495 e. The van der Waals surface area contributed by atoms with Crippen LogP contribution < -0.4 is 16.0 Å². The van der Waals surface area contributed by atoms with Crippen molar-refractivity contribution < 1.29 is 4.74 Å². The molecule has 1 aromatic carbocycles. The van der Waals surface area contributed by atoms with E-state index in [1.165, 1.54) is 9.13 Å². The van der Waals surface area contributed by atoms with E-state index < -0.39 is 0 Å². The summed E-state index contributed by atoms with van der Waals surface area (Å²) in [6.07, 6.45) is 0.697. The third-order valence-corrected chi connectivity index (χ3v) is 5.54. The predicted molar refractivity (Wildman–Crippen MR) is 113 cm³/mol. The van der Waals surface area contributed by atoms with Gasteiger partial charge in [-0.3, -0.25) is 22.9 Å². The molecule has 4 aromatic rings. The van der Waals surface area contributed by atoms with E-state index in [1.807, 2.05) is 54.9 Å². The van der Waals surface area contributed by atoms with Crippen molar-refractivity contribution in [1.82, 2.24) is 23.1 Å². The van der Waals surface area contributed by atoms with Crippen LogP contribution >= 0.6 is 0 Å². The zero-order chi connectivity index (χ0) is 21.0. The van der Waals surface area contributed by atoms with Crippen LogP contribution in [-0.4, -0.2) is 30.2 Å². The van der Waals surface area contributed by atoms with E-state index in [4.69, 9.17) is 9.72 Å². The summed E-state index contributed by atoms with van der Waals surface area (Å²) in [7, 11) is 3.29. The molecule has 0 amide bonds. The van der Waals surface area contributed by atoms with Crippen LogP contribution in [0.25, 0.3) is 22.6 Å². The van der Waals surface area contributed by atoms with Crippen LogP contribution in [0.1, 0.15) is 30.3 Å². The Morgan fingerprint density at radius 3 is 2.48 bits per heavy atom. The molecule has 3 aromatic heterocycles. The van der Waals surface area contributed by atoms with Crippen molar-refractivity contribution in [3.8, 4) is 11.4 Å². The predicted octanol–water partition coefficient (Wildman–Crippen LogP) is 2.48. The molecule has 0 atom stereocenters. The number of aryl methyl sites for hydroxylation is 3. The summed E-state index contributed by atoms with van der Waals surface area (Å²) in [5.74, 6) is 1.29. The molecule has 0 unspecified atom stereocenters. The van der Waals surface area contributed by atoms with Crippen molar-refractivity contribution in [1.29, 1.82) is 0 Å². The normalized spacial score (nSPS) is 11.7. The van der Waals surface area contributed by atoms with Crippen LogP contribution in [0, 0.1) is 20.8 Å². The number of hydrogen-bond acceptors (Lipinski definition) is 4. The molecule has 4 rings (SSSR count). The van der Waals surface area contributed by atoms with Crippen LogP contribution in [-0.2, 0) is 13.6 Å². The van der Waals surface area contributed by atoms with E-state index in [0.29, 0.717) is 35.7 Å². The summed E-state index contributed by atoms with van der Waals surface area (Å²) >= 11 is 0. The number of aromatic nitrogens is 5. The second-order valence-corrected chi connectivity index (χ2v) is 7.40. The monoisotopic (exact) mass is 395 g/mol. The maximum atomic E-state index is 13.2. The van der Waals surface area contributed by atoms with E-state index in [2.05, 4.69) is 0 Å². The molecule has 0 fully saturated rings. The van der Waals surface area contributed by atoms with Crippen molar-refractivity contribution in [3.05, 3.63) is 56.0 Å². The van der Waals surface area contributed by atoms with Gasteiger partial charge in [-0.15, -0.1) is 0 Å². The van der Waals surface area contributed by atoms with E-state index in [1.54, 1.807) is 14.2 Å². The number of fused-ring (bicyclic) bond motifs is 3. The van der Waals surface area contributed by atoms with Crippen molar-refractivity contribution in [2.45, 2.75) is 40.7 Å². The lowest BCUT2D eigenvalue weighted by atomic mass is 10.2. The highest BCUT2D eigenvalue weighted by molar-refractivity contribution is 5.77. The van der Waals surface area contributed by atoms with Crippen molar-refractivity contribution >= 4 is 16.9 Å². The molecule has 0 aliphatic heterocycles. The zero-order valence-corrected chi connectivity index (χ0v) is 17.6. The first-order valence-corrected chi connectivity index (χ1v) is 9.66. The molecule has 0 bridgehead atoms. The Hall–Kier alpha value is -3.29. The number of rotatable bonds is 4. The van der Waals surface area contributed by atoms with Gasteiger partial charge in [-0.1, -0.05) is 13.0 Å². The Labute approximate surface area is 167 Å². The van der Waals surface area contributed by atoms with Gasteiger partial charge in [-0.05, 0) is 44.9 Å². The molecule has 0 aliphatic rings. The fourth-order valence-corrected chi connectivity index (χ4v) is 3.93. The standard InChI is InChI=1S/C21H25N5O3/c1-7-10-24-19(27)17-18(23(5)21(24)28)22-20-25(13(3)14(4)26(17)20)15-11-12(2)8-9-16(15)29-6/h8-9,11H,7,10H2,1-6H3. The lowest BCUT2D eigenvalue weighted by Crippen LogP contribution is -2.39. The van der Waals surface area contributed by atoms with Gasteiger partial charge in [-0.2, -0.15) is 4.98 Å². The largest absolute Gasteiger partial charge is 0.495 e. The molecule has 8 nitrogen and oxygen atoms in total. The van der Waals surface area contributed by atoms with Gasteiger partial charge >= 0.3 is 5.69 Å². The molecule has 0 radical (unpaired) electrons. The molecule has 3 heterocycles. The molecular formula is C21H25N5O3. The molecule has 0 saturated carbocycles. The Bertz CT molecular complexity index is 1380. The van der Waals surface area contributed by atoms with Gasteiger partial charge in [-0.25, -0.2) is 4.79 Å². The second kappa shape index (κ2) is 6.65. The summed E-state index contributed by atoms with van der Waals surface area (Å²) in [6.45, 7) is 8.28. The van der Waals surface area contributed by atoms with Gasteiger partial charge < -0.3 is 4.74 Å². The number of imidazole rings is 2. The lowest BCUT2D eigenvalue weighted by molar-refractivity contribution is 0.413. The first-order chi connectivity index (χ1) is 13.8. The summed E-state index contributed by atoms with van der Waals surface area (Å²) in [5, 5.41) is 0. The average molecular weight is 395 g/mol. The molecular weight excluding hydrogens is 370 g/mol. The SMILES string of the molecule is CCCn1c(=O)c2c(nc3n(-c4cc(C)ccc4OC)c(C)c(C)n23)n(C)c1=O. The van der Waals surface area contributed by atoms with Gasteiger partial charge in [0.2, 0.25) is 5.78 Å². The number of benzene rings is 1. The van der Waals surface area contributed by atoms with Gasteiger partial charge in [0, 0.05) is 25.0 Å². The highest BCUT2D eigenvalue weighted by Crippen LogP contribution is 2.30. The van der Waals surface area contributed by atoms with Crippen molar-refractivity contribution in [2.75, 3.05) is 7.11 Å².